The molecule has 0 rings (SSSR count). The number of hydrogen-bond acceptors (Lipinski definition) is 8. The van der Waals surface area contributed by atoms with Crippen LogP contribution in [0.5, 0.6) is 0 Å². The third kappa shape index (κ3) is 12.6. The van der Waals surface area contributed by atoms with Crippen molar-refractivity contribution in [3.63, 3.8) is 0 Å². The van der Waals surface area contributed by atoms with E-state index in [4.69, 9.17) is 27.4 Å². The van der Waals surface area contributed by atoms with Gasteiger partial charge >= 0.3 is 11.9 Å². The molecule has 3 atom stereocenters. The molecule has 3 amide bonds. The average Bonchev–Trinajstić information content (AvgIpc) is 2.71. The van der Waals surface area contributed by atoms with E-state index in [0.717, 1.165) is 0 Å². The SMILES string of the molecule is CSCCC(NC(=O)CN)C(=O)NC(CCCN=C(N)N)C(=O)NC(CC(=O)O)C(=O)O. The maximum absolute atomic E-state index is 12.7. The highest BCUT2D eigenvalue weighted by atomic mass is 32.2. The number of carboxylic acids is 2. The predicted octanol–water partition coefficient (Wildman–Crippen LogP) is -3.23. The standard InChI is InChI=1S/C17H31N7O7S/c1-32-6-4-10(22-12(25)8-18)15(29)23-9(3-2-5-21-17(19)20)14(28)24-11(16(30)31)7-13(26)27/h9-11H,2-8,18H2,1H3,(H,22,25)(H,23,29)(H,24,28)(H,26,27)(H,30,31)(H4,19,20,21). The lowest BCUT2D eigenvalue weighted by atomic mass is 10.1. The lowest BCUT2D eigenvalue weighted by Crippen LogP contribution is -2.56. The van der Waals surface area contributed by atoms with Crippen molar-refractivity contribution in [3.05, 3.63) is 0 Å². The second-order valence-corrected chi connectivity index (χ2v) is 7.60. The number of rotatable bonds is 16. The number of nitrogens with one attached hydrogen (secondary N) is 3. The second kappa shape index (κ2) is 15.7. The first-order valence-corrected chi connectivity index (χ1v) is 11.0. The Morgan fingerprint density at radius 3 is 1.97 bits per heavy atom. The van der Waals surface area contributed by atoms with Gasteiger partial charge in [-0.1, -0.05) is 0 Å². The quantitative estimate of drug-likeness (QED) is 0.0622. The number of nitrogens with zero attached hydrogens (tertiary/aromatic N) is 1. The van der Waals surface area contributed by atoms with Crippen molar-refractivity contribution in [2.24, 2.45) is 22.2 Å². The van der Waals surface area contributed by atoms with Gasteiger partial charge in [0.2, 0.25) is 17.7 Å². The minimum Gasteiger partial charge on any atom is -0.481 e. The number of aliphatic imine (C=N–C) groups is 1. The first-order chi connectivity index (χ1) is 15.0. The minimum atomic E-state index is -1.69. The number of carboxylic acid groups (broad SMARTS) is 2. The molecule has 0 aromatic heterocycles. The van der Waals surface area contributed by atoms with Crippen molar-refractivity contribution in [2.45, 2.75) is 43.8 Å². The first kappa shape index (κ1) is 28.9. The van der Waals surface area contributed by atoms with E-state index < -0.39 is 54.2 Å². The molecule has 0 aromatic carbocycles. The van der Waals surface area contributed by atoms with Crippen LogP contribution < -0.4 is 33.2 Å². The molecule has 0 aliphatic heterocycles. The predicted molar refractivity (Wildman–Crippen MR) is 118 cm³/mol. The molecule has 0 saturated heterocycles. The molecule has 3 unspecified atom stereocenters. The highest BCUT2D eigenvalue weighted by Gasteiger charge is 2.30. The fourth-order valence-electron chi connectivity index (χ4n) is 2.45. The second-order valence-electron chi connectivity index (χ2n) is 6.61. The van der Waals surface area contributed by atoms with Crippen molar-refractivity contribution in [1.82, 2.24) is 16.0 Å². The molecule has 0 aliphatic rings. The van der Waals surface area contributed by atoms with Crippen LogP contribution in [-0.2, 0) is 24.0 Å². The molecule has 182 valence electrons. The highest BCUT2D eigenvalue weighted by Crippen LogP contribution is 2.05. The summed E-state index contributed by atoms with van der Waals surface area (Å²) in [7, 11) is 0. The van der Waals surface area contributed by atoms with Gasteiger partial charge < -0.3 is 43.4 Å². The Hall–Kier alpha value is -3.07. The van der Waals surface area contributed by atoms with Crippen LogP contribution in [0.25, 0.3) is 0 Å². The molecule has 32 heavy (non-hydrogen) atoms. The molecule has 0 aromatic rings. The van der Waals surface area contributed by atoms with Gasteiger partial charge in [0.25, 0.3) is 0 Å². The van der Waals surface area contributed by atoms with Crippen LogP contribution in [-0.4, -0.2) is 89.1 Å². The number of amides is 3. The number of guanidine groups is 1. The zero-order valence-corrected chi connectivity index (χ0v) is 18.5. The van der Waals surface area contributed by atoms with Crippen LogP contribution in [0.4, 0.5) is 0 Å². The maximum atomic E-state index is 12.7. The Bertz CT molecular complexity index is 701. The third-order valence-corrected chi connectivity index (χ3v) is 4.66. The maximum Gasteiger partial charge on any atom is 0.326 e. The molecule has 0 heterocycles. The number of nitrogens with two attached hydrogens (primary N) is 3. The lowest BCUT2D eigenvalue weighted by Gasteiger charge is -2.24. The van der Waals surface area contributed by atoms with Gasteiger partial charge in [-0.05, 0) is 31.3 Å². The Morgan fingerprint density at radius 1 is 0.938 bits per heavy atom. The van der Waals surface area contributed by atoms with E-state index in [0.29, 0.717) is 5.75 Å². The minimum absolute atomic E-state index is 0.0217. The third-order valence-electron chi connectivity index (χ3n) is 4.02. The van der Waals surface area contributed by atoms with E-state index in [1.807, 2.05) is 6.26 Å². The van der Waals surface area contributed by atoms with Gasteiger partial charge in [-0.15, -0.1) is 0 Å². The number of aliphatic carboxylic acids is 2. The van der Waals surface area contributed by atoms with Gasteiger partial charge in [-0.2, -0.15) is 11.8 Å². The molecule has 0 fully saturated rings. The Morgan fingerprint density at radius 2 is 1.50 bits per heavy atom. The number of carbonyl (C=O) groups excluding carboxylic acids is 3. The zero-order chi connectivity index (χ0) is 24.7. The first-order valence-electron chi connectivity index (χ1n) is 9.60. The Balaban J connectivity index is 5.45. The monoisotopic (exact) mass is 477 g/mol. The summed E-state index contributed by atoms with van der Waals surface area (Å²) in [6, 6.07) is -3.89. The Labute approximate surface area is 189 Å². The van der Waals surface area contributed by atoms with Crippen LogP contribution in [0, 0.1) is 0 Å². The lowest BCUT2D eigenvalue weighted by molar-refractivity contribution is -0.147. The summed E-state index contributed by atoms with van der Waals surface area (Å²) in [5, 5.41) is 25.0. The molecule has 0 bridgehead atoms. The fourth-order valence-corrected chi connectivity index (χ4v) is 2.92. The smallest absolute Gasteiger partial charge is 0.326 e. The molecule has 0 radical (unpaired) electrons. The van der Waals surface area contributed by atoms with Gasteiger partial charge in [0.15, 0.2) is 5.96 Å². The van der Waals surface area contributed by atoms with Crippen molar-refractivity contribution in [2.75, 3.05) is 25.1 Å². The average molecular weight is 478 g/mol. The summed E-state index contributed by atoms with van der Waals surface area (Å²) in [4.78, 5) is 62.9. The molecule has 11 N–H and O–H groups in total. The van der Waals surface area contributed by atoms with E-state index in [-0.39, 0.29) is 38.3 Å². The van der Waals surface area contributed by atoms with Gasteiger partial charge in [0.05, 0.1) is 13.0 Å². The van der Waals surface area contributed by atoms with Gasteiger partial charge in [0, 0.05) is 6.54 Å². The van der Waals surface area contributed by atoms with E-state index in [2.05, 4.69) is 20.9 Å². The van der Waals surface area contributed by atoms with E-state index in [1.54, 1.807) is 0 Å². The van der Waals surface area contributed by atoms with Crippen LogP contribution in [0.1, 0.15) is 25.7 Å². The molecular weight excluding hydrogens is 446 g/mol. The van der Waals surface area contributed by atoms with E-state index in [9.17, 15) is 24.0 Å². The molecule has 15 heteroatoms. The summed E-state index contributed by atoms with van der Waals surface area (Å²) in [6.07, 6.45) is 1.50. The zero-order valence-electron chi connectivity index (χ0n) is 17.7. The Kier molecular flexibility index (Phi) is 14.2. The number of carbonyl (C=O) groups is 5. The van der Waals surface area contributed by atoms with E-state index in [1.165, 1.54) is 11.8 Å². The van der Waals surface area contributed by atoms with Crippen molar-refractivity contribution >= 4 is 47.4 Å². The van der Waals surface area contributed by atoms with Gasteiger partial charge in [0.1, 0.15) is 18.1 Å². The largest absolute Gasteiger partial charge is 0.481 e. The van der Waals surface area contributed by atoms with Gasteiger partial charge in [-0.3, -0.25) is 24.2 Å². The van der Waals surface area contributed by atoms with Crippen LogP contribution >= 0.6 is 11.8 Å². The van der Waals surface area contributed by atoms with E-state index >= 15 is 0 Å². The highest BCUT2D eigenvalue weighted by molar-refractivity contribution is 7.98. The molecule has 14 nitrogen and oxygen atoms in total. The molecule has 0 spiro atoms. The van der Waals surface area contributed by atoms with Crippen LogP contribution in [0.3, 0.4) is 0 Å². The van der Waals surface area contributed by atoms with Crippen molar-refractivity contribution < 1.29 is 34.2 Å². The fraction of sp³-hybridized carbons (Fsp3) is 0.647. The molecule has 0 aliphatic carbocycles. The number of thioether (sulfide) groups is 1. The van der Waals surface area contributed by atoms with Crippen molar-refractivity contribution in [1.29, 1.82) is 0 Å². The van der Waals surface area contributed by atoms with Crippen molar-refractivity contribution in [3.8, 4) is 0 Å². The summed E-state index contributed by atoms with van der Waals surface area (Å²) < 4.78 is 0. The van der Waals surface area contributed by atoms with Crippen LogP contribution in [0.2, 0.25) is 0 Å². The summed E-state index contributed by atoms with van der Waals surface area (Å²) in [5.41, 5.74) is 15.8. The molecule has 0 saturated carbocycles. The van der Waals surface area contributed by atoms with Crippen LogP contribution in [0.15, 0.2) is 4.99 Å². The number of hydrogen-bond donors (Lipinski definition) is 8. The van der Waals surface area contributed by atoms with Gasteiger partial charge in [-0.25, -0.2) is 4.79 Å². The topological polar surface area (TPSA) is 252 Å². The molecular formula is C17H31N7O7S. The summed E-state index contributed by atoms with van der Waals surface area (Å²) in [6.45, 7) is -0.194. The summed E-state index contributed by atoms with van der Waals surface area (Å²) in [5.74, 6) is -4.73. The normalized spacial score (nSPS) is 13.2. The summed E-state index contributed by atoms with van der Waals surface area (Å²) >= 11 is 1.44.